The van der Waals surface area contributed by atoms with Crippen LogP contribution in [0.5, 0.6) is 0 Å². The first kappa shape index (κ1) is 21.3. The predicted molar refractivity (Wildman–Crippen MR) is 129 cm³/mol. The molecule has 0 unspecified atom stereocenters. The number of halogens is 2. The van der Waals surface area contributed by atoms with E-state index in [1.165, 1.54) is 22.5 Å². The lowest BCUT2D eigenvalue weighted by Gasteiger charge is -2.14. The van der Waals surface area contributed by atoms with Crippen molar-refractivity contribution in [2.24, 2.45) is 0 Å². The van der Waals surface area contributed by atoms with Gasteiger partial charge in [0.25, 0.3) is 5.56 Å². The summed E-state index contributed by atoms with van der Waals surface area (Å²) in [6.07, 6.45) is 2.33. The first-order chi connectivity index (χ1) is 15.5. The number of likely N-dealkylation sites (tertiary alicyclic amines) is 1. The molecule has 0 aliphatic carbocycles. The number of rotatable bonds is 6. The van der Waals surface area contributed by atoms with Gasteiger partial charge >= 0.3 is 0 Å². The topological polar surface area (TPSA) is 38.1 Å². The lowest BCUT2D eigenvalue weighted by molar-refractivity contribution is 0.282. The Labute approximate surface area is 194 Å². The number of nitrogens with zero attached hydrogens (tertiary/aromatic N) is 3. The van der Waals surface area contributed by atoms with Crippen LogP contribution in [-0.2, 0) is 19.5 Å². The van der Waals surface area contributed by atoms with Gasteiger partial charge < -0.3 is 0 Å². The normalized spacial score (nSPS) is 16.8. The van der Waals surface area contributed by atoms with Crippen molar-refractivity contribution in [1.82, 2.24) is 14.5 Å². The predicted octanol–water partition coefficient (Wildman–Crippen LogP) is 5.56. The molecule has 5 rings (SSSR count). The number of hydrogen-bond acceptors (Lipinski definition) is 4. The number of fused-ring (bicyclic) bond motifs is 1. The highest BCUT2D eigenvalue weighted by Crippen LogP contribution is 2.31. The Morgan fingerprint density at radius 1 is 1.09 bits per heavy atom. The number of alkyl halides is 1. The quantitative estimate of drug-likeness (QED) is 0.372. The van der Waals surface area contributed by atoms with Crippen LogP contribution in [0.1, 0.15) is 17.5 Å². The van der Waals surface area contributed by atoms with Crippen LogP contribution < -0.4 is 5.56 Å². The molecule has 2 aromatic heterocycles. The minimum Gasteiger partial charge on any atom is -0.298 e. The Morgan fingerprint density at radius 2 is 1.84 bits per heavy atom. The summed E-state index contributed by atoms with van der Waals surface area (Å²) in [4.78, 5) is 20.7. The lowest BCUT2D eigenvalue weighted by Crippen LogP contribution is -2.21. The summed E-state index contributed by atoms with van der Waals surface area (Å²) in [5.74, 6) is 0. The van der Waals surface area contributed by atoms with Crippen molar-refractivity contribution < 1.29 is 4.39 Å². The largest absolute Gasteiger partial charge is 0.298 e. The standard InChI is InChI=1S/C25H23ClFN3OS/c26-20-7-5-19(6-8-20)23-13-22-24(32-23)25(31)30(16-28-22)12-9-17-1-3-18(4-2-17)14-29-11-10-21(27)15-29/h1-8,13,16,21H,9-12,14-15H2/t21-/m0/s1. The third-order valence-corrected chi connectivity index (χ3v) is 7.33. The van der Waals surface area contributed by atoms with E-state index in [1.807, 2.05) is 30.3 Å². The third kappa shape index (κ3) is 4.63. The summed E-state index contributed by atoms with van der Waals surface area (Å²) < 4.78 is 15.7. The molecular weight excluding hydrogens is 445 g/mol. The molecule has 0 saturated carbocycles. The molecule has 1 aliphatic heterocycles. The van der Waals surface area contributed by atoms with Crippen LogP contribution in [0.3, 0.4) is 0 Å². The molecule has 4 nitrogen and oxygen atoms in total. The molecule has 0 bridgehead atoms. The number of hydrogen-bond donors (Lipinski definition) is 0. The molecule has 4 aromatic rings. The summed E-state index contributed by atoms with van der Waals surface area (Å²) in [5, 5.41) is 0.688. The fourth-order valence-electron chi connectivity index (χ4n) is 4.11. The van der Waals surface area contributed by atoms with Gasteiger partial charge in [-0.2, -0.15) is 0 Å². The van der Waals surface area contributed by atoms with Gasteiger partial charge in [0.2, 0.25) is 0 Å². The van der Waals surface area contributed by atoms with Gasteiger partial charge in [-0.15, -0.1) is 11.3 Å². The number of benzene rings is 2. The van der Waals surface area contributed by atoms with Crippen molar-refractivity contribution in [3.05, 3.63) is 87.4 Å². The zero-order valence-electron chi connectivity index (χ0n) is 17.5. The van der Waals surface area contributed by atoms with Gasteiger partial charge in [0.15, 0.2) is 0 Å². The van der Waals surface area contributed by atoms with Gasteiger partial charge in [0, 0.05) is 36.1 Å². The average molecular weight is 468 g/mol. The van der Waals surface area contributed by atoms with Crippen LogP contribution in [-0.4, -0.2) is 33.7 Å². The molecule has 1 saturated heterocycles. The van der Waals surface area contributed by atoms with Crippen molar-refractivity contribution in [2.75, 3.05) is 13.1 Å². The molecule has 1 atom stereocenters. The van der Waals surface area contributed by atoms with Crippen molar-refractivity contribution in [2.45, 2.75) is 32.1 Å². The molecule has 0 spiro atoms. The van der Waals surface area contributed by atoms with Gasteiger partial charge in [-0.25, -0.2) is 9.37 Å². The van der Waals surface area contributed by atoms with Gasteiger partial charge in [-0.3, -0.25) is 14.3 Å². The maximum atomic E-state index is 13.4. The minimum atomic E-state index is -0.691. The van der Waals surface area contributed by atoms with E-state index in [0.29, 0.717) is 29.2 Å². The van der Waals surface area contributed by atoms with E-state index in [-0.39, 0.29) is 5.56 Å². The SMILES string of the molecule is O=c1c2sc(-c3ccc(Cl)cc3)cc2ncn1CCc1ccc(CN2CC[C@H](F)C2)cc1. The van der Waals surface area contributed by atoms with Crippen LogP contribution in [0.2, 0.25) is 5.02 Å². The van der Waals surface area contributed by atoms with E-state index in [4.69, 9.17) is 11.6 Å². The summed E-state index contributed by atoms with van der Waals surface area (Å²) in [7, 11) is 0. The van der Waals surface area contributed by atoms with Crippen LogP contribution in [0.15, 0.2) is 65.7 Å². The molecule has 2 aromatic carbocycles. The van der Waals surface area contributed by atoms with E-state index < -0.39 is 6.17 Å². The highest BCUT2D eigenvalue weighted by Gasteiger charge is 2.21. The zero-order chi connectivity index (χ0) is 22.1. The highest BCUT2D eigenvalue weighted by atomic mass is 35.5. The minimum absolute atomic E-state index is 0.00774. The van der Waals surface area contributed by atoms with Crippen LogP contribution in [0.25, 0.3) is 20.7 Å². The number of aryl methyl sites for hydroxylation is 2. The molecule has 1 fully saturated rings. The van der Waals surface area contributed by atoms with Crippen molar-refractivity contribution in [1.29, 1.82) is 0 Å². The molecule has 0 radical (unpaired) electrons. The van der Waals surface area contributed by atoms with Gasteiger partial charge in [-0.1, -0.05) is 48.0 Å². The average Bonchev–Trinajstić information content (AvgIpc) is 3.41. The Bertz CT molecular complexity index is 1280. The van der Waals surface area contributed by atoms with Crippen LogP contribution >= 0.6 is 22.9 Å². The van der Waals surface area contributed by atoms with Crippen molar-refractivity contribution in [3.63, 3.8) is 0 Å². The molecule has 7 heteroatoms. The third-order valence-electron chi connectivity index (χ3n) is 5.92. The molecule has 0 amide bonds. The maximum Gasteiger partial charge on any atom is 0.271 e. The van der Waals surface area contributed by atoms with Gasteiger partial charge in [0.1, 0.15) is 10.9 Å². The van der Waals surface area contributed by atoms with E-state index in [2.05, 4.69) is 34.1 Å². The van der Waals surface area contributed by atoms with Crippen molar-refractivity contribution in [3.8, 4) is 10.4 Å². The fourth-order valence-corrected chi connectivity index (χ4v) is 5.30. The first-order valence-corrected chi connectivity index (χ1v) is 11.9. The number of thiophene rings is 1. The second-order valence-electron chi connectivity index (χ2n) is 8.26. The smallest absolute Gasteiger partial charge is 0.271 e. The van der Waals surface area contributed by atoms with E-state index in [0.717, 1.165) is 35.5 Å². The van der Waals surface area contributed by atoms with Crippen LogP contribution in [0.4, 0.5) is 4.39 Å². The Morgan fingerprint density at radius 3 is 2.56 bits per heavy atom. The van der Waals surface area contributed by atoms with Gasteiger partial charge in [-0.05, 0) is 47.7 Å². The van der Waals surface area contributed by atoms with Gasteiger partial charge in [0.05, 0.1) is 11.8 Å². The Balaban J connectivity index is 1.27. The lowest BCUT2D eigenvalue weighted by atomic mass is 10.1. The maximum absolute atomic E-state index is 13.4. The molecular formula is C25H23ClFN3OS. The molecule has 3 heterocycles. The molecule has 1 aliphatic rings. The Hall–Kier alpha value is -2.54. The fraction of sp³-hybridized carbons (Fsp3) is 0.280. The zero-order valence-corrected chi connectivity index (χ0v) is 19.1. The van der Waals surface area contributed by atoms with E-state index >= 15 is 0 Å². The summed E-state index contributed by atoms with van der Waals surface area (Å²) in [5.41, 5.74) is 4.10. The monoisotopic (exact) mass is 467 g/mol. The first-order valence-electron chi connectivity index (χ1n) is 10.7. The summed E-state index contributed by atoms with van der Waals surface area (Å²) >= 11 is 7.45. The molecule has 164 valence electrons. The van der Waals surface area contributed by atoms with E-state index in [9.17, 15) is 9.18 Å². The van der Waals surface area contributed by atoms with Crippen molar-refractivity contribution >= 4 is 33.2 Å². The highest BCUT2D eigenvalue weighted by molar-refractivity contribution is 7.22. The molecule has 0 N–H and O–H groups in total. The van der Waals surface area contributed by atoms with E-state index in [1.54, 1.807) is 10.9 Å². The molecule has 32 heavy (non-hydrogen) atoms. The second-order valence-corrected chi connectivity index (χ2v) is 9.75. The summed E-state index contributed by atoms with van der Waals surface area (Å²) in [6, 6.07) is 18.0. The second kappa shape index (κ2) is 9.14. The van der Waals surface area contributed by atoms with Crippen LogP contribution in [0, 0.1) is 0 Å². The number of aromatic nitrogens is 2. The Kier molecular flexibility index (Phi) is 6.09. The summed E-state index contributed by atoms with van der Waals surface area (Å²) in [6.45, 7) is 2.71.